The highest BCUT2D eigenvalue weighted by atomic mass is 79.9. The van der Waals surface area contributed by atoms with E-state index in [9.17, 15) is 4.79 Å². The third-order valence-electron chi connectivity index (χ3n) is 4.40. The summed E-state index contributed by atoms with van der Waals surface area (Å²) in [5.74, 6) is 0.318. The highest BCUT2D eigenvalue weighted by molar-refractivity contribution is 9.10. The number of hydrogen-bond donors (Lipinski definition) is 0. The smallest absolute Gasteiger partial charge is 0.159 e. The number of ketones is 1. The summed E-state index contributed by atoms with van der Waals surface area (Å²) in [6, 6.07) is 0. The Hall–Kier alpha value is -0.680. The molecule has 5 heteroatoms. The summed E-state index contributed by atoms with van der Waals surface area (Å²) in [5.41, 5.74) is 1.66. The predicted octanol–water partition coefficient (Wildman–Crippen LogP) is 2.48. The van der Waals surface area contributed by atoms with E-state index in [4.69, 9.17) is 0 Å². The van der Waals surface area contributed by atoms with Crippen molar-refractivity contribution in [1.29, 1.82) is 0 Å². The molecule has 1 aliphatic carbocycles. The van der Waals surface area contributed by atoms with E-state index in [0.29, 0.717) is 12.2 Å². The summed E-state index contributed by atoms with van der Waals surface area (Å²) in [4.78, 5) is 14.9. The summed E-state index contributed by atoms with van der Waals surface area (Å²) in [5, 5.41) is 4.36. The zero-order chi connectivity index (χ0) is 14.2. The second kappa shape index (κ2) is 5.37. The average Bonchev–Trinajstić information content (AvgIpc) is 2.92. The largest absolute Gasteiger partial charge is 0.297 e. The molecule has 0 amide bonds. The van der Waals surface area contributed by atoms with Gasteiger partial charge in [-0.15, -0.1) is 0 Å². The minimum Gasteiger partial charge on any atom is -0.297 e. The van der Waals surface area contributed by atoms with Crippen molar-refractivity contribution < 1.29 is 4.79 Å². The van der Waals surface area contributed by atoms with Crippen LogP contribution in [0.25, 0.3) is 0 Å². The Balaban J connectivity index is 2.25. The molecule has 19 heavy (non-hydrogen) atoms. The first-order valence-corrected chi connectivity index (χ1v) is 7.56. The van der Waals surface area contributed by atoms with E-state index in [2.05, 4.69) is 25.9 Å². The van der Waals surface area contributed by atoms with E-state index in [1.165, 1.54) is 0 Å². The van der Waals surface area contributed by atoms with Crippen LogP contribution in [-0.2, 0) is 18.3 Å². The van der Waals surface area contributed by atoms with Crippen LogP contribution in [0, 0.1) is 6.92 Å². The Kier molecular flexibility index (Phi) is 4.16. The lowest BCUT2D eigenvalue weighted by Gasteiger charge is -2.34. The number of rotatable bonds is 4. The van der Waals surface area contributed by atoms with E-state index >= 15 is 0 Å². The Morgan fingerprint density at radius 2 is 2.00 bits per heavy atom. The first-order chi connectivity index (χ1) is 8.88. The molecular formula is C14H22BrN3O. The molecule has 106 valence electrons. The SMILES string of the molecule is Cc1nn(C)c(CC(=O)C2(N(C)C)CCCC2)c1Br. The van der Waals surface area contributed by atoms with E-state index < -0.39 is 0 Å². The molecule has 0 aliphatic heterocycles. The molecule has 0 radical (unpaired) electrons. The van der Waals surface area contributed by atoms with Gasteiger partial charge in [-0.2, -0.15) is 5.10 Å². The predicted molar refractivity (Wildman–Crippen MR) is 79.2 cm³/mol. The van der Waals surface area contributed by atoms with Crippen LogP contribution < -0.4 is 0 Å². The van der Waals surface area contributed by atoms with E-state index in [0.717, 1.165) is 41.5 Å². The monoisotopic (exact) mass is 327 g/mol. The van der Waals surface area contributed by atoms with Crippen molar-refractivity contribution in [2.24, 2.45) is 7.05 Å². The summed E-state index contributed by atoms with van der Waals surface area (Å²) >= 11 is 3.54. The summed E-state index contributed by atoms with van der Waals surface area (Å²) in [6.07, 6.45) is 4.71. The van der Waals surface area contributed by atoms with Gasteiger partial charge in [-0.3, -0.25) is 14.4 Å². The Labute approximate surface area is 123 Å². The van der Waals surface area contributed by atoms with Gasteiger partial charge in [0.15, 0.2) is 5.78 Å². The molecule has 0 spiro atoms. The number of aryl methyl sites for hydroxylation is 2. The highest BCUT2D eigenvalue weighted by Gasteiger charge is 2.42. The Bertz CT molecular complexity index is 487. The second-order valence-electron chi connectivity index (χ2n) is 5.70. The Morgan fingerprint density at radius 3 is 2.42 bits per heavy atom. The van der Waals surface area contributed by atoms with Gasteiger partial charge in [-0.1, -0.05) is 12.8 Å². The fourth-order valence-electron chi connectivity index (χ4n) is 3.12. The minimum atomic E-state index is -0.266. The van der Waals surface area contributed by atoms with Gasteiger partial charge in [0.1, 0.15) is 0 Å². The summed E-state index contributed by atoms with van der Waals surface area (Å²) < 4.78 is 2.78. The lowest BCUT2D eigenvalue weighted by Crippen LogP contribution is -2.49. The van der Waals surface area contributed by atoms with Gasteiger partial charge in [-0.05, 0) is 49.8 Å². The molecule has 1 fully saturated rings. The first kappa shape index (κ1) is 14.7. The van der Waals surface area contributed by atoms with Crippen LogP contribution >= 0.6 is 15.9 Å². The van der Waals surface area contributed by atoms with Crippen molar-refractivity contribution in [3.63, 3.8) is 0 Å². The van der Waals surface area contributed by atoms with Crippen LogP contribution in [0.5, 0.6) is 0 Å². The number of carbonyl (C=O) groups excluding carboxylic acids is 1. The quantitative estimate of drug-likeness (QED) is 0.852. The molecule has 0 atom stereocenters. The van der Waals surface area contributed by atoms with Gasteiger partial charge in [0.2, 0.25) is 0 Å². The topological polar surface area (TPSA) is 38.1 Å². The molecule has 4 nitrogen and oxygen atoms in total. The lowest BCUT2D eigenvalue weighted by molar-refractivity contribution is -0.129. The van der Waals surface area contributed by atoms with Crippen LogP contribution in [0.15, 0.2) is 4.47 Å². The number of Topliss-reactive ketones (excluding diaryl/α,β-unsaturated/α-hetero) is 1. The second-order valence-corrected chi connectivity index (χ2v) is 6.50. The standard InChI is InChI=1S/C14H22BrN3O/c1-10-13(15)11(18(4)16-10)9-12(19)14(17(2)3)7-5-6-8-14/h5-9H2,1-4H3. The minimum absolute atomic E-state index is 0.266. The third kappa shape index (κ3) is 2.50. The van der Waals surface area contributed by atoms with Crippen molar-refractivity contribution >= 4 is 21.7 Å². The molecule has 0 N–H and O–H groups in total. The third-order valence-corrected chi connectivity index (χ3v) is 5.43. The summed E-state index contributed by atoms with van der Waals surface area (Å²) in [6.45, 7) is 1.95. The first-order valence-electron chi connectivity index (χ1n) is 6.77. The maximum absolute atomic E-state index is 12.8. The van der Waals surface area contributed by atoms with Crippen molar-refractivity contribution in [3.05, 3.63) is 15.9 Å². The van der Waals surface area contributed by atoms with E-state index in [1.807, 2.05) is 32.7 Å². The highest BCUT2D eigenvalue weighted by Crippen LogP contribution is 2.36. The van der Waals surface area contributed by atoms with Crippen molar-refractivity contribution in [3.8, 4) is 0 Å². The van der Waals surface area contributed by atoms with Gasteiger partial charge in [0.05, 0.1) is 27.8 Å². The van der Waals surface area contributed by atoms with Gasteiger partial charge in [0.25, 0.3) is 0 Å². The molecule has 2 rings (SSSR count). The maximum Gasteiger partial charge on any atom is 0.159 e. The number of aromatic nitrogens is 2. The summed E-state index contributed by atoms with van der Waals surface area (Å²) in [7, 11) is 5.94. The van der Waals surface area contributed by atoms with Gasteiger partial charge < -0.3 is 0 Å². The molecule has 1 saturated carbocycles. The van der Waals surface area contributed by atoms with Gasteiger partial charge >= 0.3 is 0 Å². The van der Waals surface area contributed by atoms with Crippen LogP contribution in [-0.4, -0.2) is 40.1 Å². The van der Waals surface area contributed by atoms with Crippen LogP contribution in [0.4, 0.5) is 0 Å². The molecule has 1 heterocycles. The Morgan fingerprint density at radius 1 is 1.42 bits per heavy atom. The average molecular weight is 328 g/mol. The molecule has 1 aliphatic rings. The van der Waals surface area contributed by atoms with Crippen LogP contribution in [0.3, 0.4) is 0 Å². The molecule has 0 bridgehead atoms. The number of hydrogen-bond acceptors (Lipinski definition) is 3. The van der Waals surface area contributed by atoms with Crippen LogP contribution in [0.1, 0.15) is 37.1 Å². The number of nitrogens with zero attached hydrogens (tertiary/aromatic N) is 3. The number of halogens is 1. The van der Waals surface area contributed by atoms with Gasteiger partial charge in [-0.25, -0.2) is 0 Å². The fourth-order valence-corrected chi connectivity index (χ4v) is 3.60. The van der Waals surface area contributed by atoms with E-state index in [1.54, 1.807) is 0 Å². The molecule has 1 aromatic rings. The zero-order valence-corrected chi connectivity index (χ0v) is 13.7. The maximum atomic E-state index is 12.8. The van der Waals surface area contributed by atoms with E-state index in [-0.39, 0.29) is 5.54 Å². The van der Waals surface area contributed by atoms with Crippen molar-refractivity contribution in [2.75, 3.05) is 14.1 Å². The zero-order valence-electron chi connectivity index (χ0n) is 12.2. The number of carbonyl (C=O) groups is 1. The molecular weight excluding hydrogens is 306 g/mol. The normalized spacial score (nSPS) is 18.2. The van der Waals surface area contributed by atoms with Crippen molar-refractivity contribution in [2.45, 2.75) is 44.6 Å². The van der Waals surface area contributed by atoms with Gasteiger partial charge in [0, 0.05) is 7.05 Å². The fraction of sp³-hybridized carbons (Fsp3) is 0.714. The molecule has 0 saturated heterocycles. The van der Waals surface area contributed by atoms with Crippen LogP contribution in [0.2, 0.25) is 0 Å². The molecule has 0 unspecified atom stereocenters. The molecule has 1 aromatic heterocycles. The number of likely N-dealkylation sites (N-methyl/N-ethyl adjacent to an activating group) is 1. The molecule has 0 aromatic carbocycles. The van der Waals surface area contributed by atoms with Crippen molar-refractivity contribution in [1.82, 2.24) is 14.7 Å². The lowest BCUT2D eigenvalue weighted by atomic mass is 9.88.